The molecule has 7 nitrogen and oxygen atoms in total. The van der Waals surface area contributed by atoms with Gasteiger partial charge in [-0.3, -0.25) is 9.69 Å². The molecule has 3 aliphatic rings. The molecule has 0 aliphatic carbocycles. The van der Waals surface area contributed by atoms with Crippen molar-refractivity contribution in [2.75, 3.05) is 33.3 Å². The first-order chi connectivity index (χ1) is 23.1. The Morgan fingerprint density at radius 2 is 1.88 bits per heavy atom. The van der Waals surface area contributed by atoms with Crippen molar-refractivity contribution in [3.8, 4) is 6.07 Å². The molecule has 9 heteroatoms. The van der Waals surface area contributed by atoms with Gasteiger partial charge in [-0.1, -0.05) is 75.6 Å². The molecule has 1 amide bonds. The molecule has 0 aromatic heterocycles. The van der Waals surface area contributed by atoms with Gasteiger partial charge >= 0.3 is 0 Å². The molecule has 3 fully saturated rings. The molecule has 0 bridgehead atoms. The minimum atomic E-state index is -1.01. The quantitative estimate of drug-likeness (QED) is 0.101. The van der Waals surface area contributed by atoms with Crippen molar-refractivity contribution >= 4 is 23.3 Å². The number of fused-ring (bicyclic) bond motifs is 1. The van der Waals surface area contributed by atoms with Gasteiger partial charge in [0, 0.05) is 43.3 Å². The van der Waals surface area contributed by atoms with E-state index >= 15 is 0 Å². The van der Waals surface area contributed by atoms with E-state index in [1.807, 2.05) is 25.1 Å². The summed E-state index contributed by atoms with van der Waals surface area (Å²) >= 11 is 6.35. The number of aryl methyl sites for hydroxylation is 1. The number of piperazine rings is 1. The molecule has 0 saturated carbocycles. The molecule has 48 heavy (non-hydrogen) atoms. The van der Waals surface area contributed by atoms with Gasteiger partial charge in [0.05, 0.1) is 25.6 Å². The van der Waals surface area contributed by atoms with E-state index < -0.39 is 17.8 Å². The second-order valence-corrected chi connectivity index (χ2v) is 13.3. The van der Waals surface area contributed by atoms with Crippen LogP contribution >= 0.6 is 11.6 Å². The van der Waals surface area contributed by atoms with Crippen LogP contribution in [-0.4, -0.2) is 77.9 Å². The van der Waals surface area contributed by atoms with E-state index in [9.17, 15) is 14.4 Å². The van der Waals surface area contributed by atoms with E-state index in [1.54, 1.807) is 13.2 Å². The number of benzene rings is 1. The number of nitrogens with zero attached hydrogens (tertiary/aromatic N) is 5. The molecular weight excluding hydrogens is 625 g/mol. The SMILES string of the molecule is C=C(F)C(=O)N1CCN(C(=N/C(=C/C)OC)/C(CCC)=C(\C)CCCc2ccccc2Cl)CC1CC#N.CCC.C[C@@H]1CCC2CCN21. The van der Waals surface area contributed by atoms with Crippen LogP contribution in [-0.2, 0) is 16.0 Å². The van der Waals surface area contributed by atoms with E-state index in [4.69, 9.17) is 21.3 Å². The van der Waals surface area contributed by atoms with Crippen molar-refractivity contribution in [1.29, 1.82) is 5.26 Å². The van der Waals surface area contributed by atoms with Crippen LogP contribution in [0.4, 0.5) is 4.39 Å². The number of allylic oxidation sites excluding steroid dienone is 2. The van der Waals surface area contributed by atoms with Crippen LogP contribution in [0.25, 0.3) is 0 Å². The van der Waals surface area contributed by atoms with Gasteiger partial charge < -0.3 is 14.5 Å². The Labute approximate surface area is 295 Å². The van der Waals surface area contributed by atoms with Crippen LogP contribution in [0.5, 0.6) is 0 Å². The first-order valence-corrected chi connectivity index (χ1v) is 18.2. The maximum atomic E-state index is 13.7. The Kier molecular flexibility index (Phi) is 18.6. The first kappa shape index (κ1) is 41.0. The number of amides is 1. The molecule has 1 aromatic carbocycles. The molecular formula is C39H59ClFN5O2. The van der Waals surface area contributed by atoms with Crippen molar-refractivity contribution in [2.24, 2.45) is 4.99 Å². The van der Waals surface area contributed by atoms with Crippen molar-refractivity contribution < 1.29 is 13.9 Å². The number of amidine groups is 1. The zero-order valence-corrected chi connectivity index (χ0v) is 31.3. The fourth-order valence-corrected chi connectivity index (χ4v) is 6.76. The van der Waals surface area contributed by atoms with Gasteiger partial charge in [0.1, 0.15) is 5.84 Å². The average Bonchev–Trinajstić information content (AvgIpc) is 3.31. The number of hydrogen-bond acceptors (Lipinski definition) is 5. The number of nitriles is 1. The number of carbonyl (C=O) groups is 1. The van der Waals surface area contributed by atoms with Crippen molar-refractivity contribution in [1.82, 2.24) is 14.7 Å². The van der Waals surface area contributed by atoms with Gasteiger partial charge in [0.25, 0.3) is 5.91 Å². The third-order valence-electron chi connectivity index (χ3n) is 9.19. The van der Waals surface area contributed by atoms with Crippen LogP contribution in [0.2, 0.25) is 5.02 Å². The lowest BCUT2D eigenvalue weighted by Crippen LogP contribution is -2.56. The summed E-state index contributed by atoms with van der Waals surface area (Å²) in [5.74, 6) is -0.507. The molecule has 3 saturated heterocycles. The van der Waals surface area contributed by atoms with Crippen LogP contribution in [0.1, 0.15) is 105 Å². The summed E-state index contributed by atoms with van der Waals surface area (Å²) in [4.78, 5) is 23.4. The predicted octanol–water partition coefficient (Wildman–Crippen LogP) is 9.25. The van der Waals surface area contributed by atoms with Crippen LogP contribution in [0.15, 0.2) is 64.8 Å². The standard InChI is InChI=1S/C29H38ClFN4O2.C7H13N.C3H8/c1-6-11-25(21(3)12-10-14-23-13-8-9-15-26(23)30)28(33-27(7-2)37-5)34-18-19-35(29(36)22(4)31)24(20-34)16-17-32;1-6-2-3-7-4-5-8(6)7;1-3-2/h7-9,13,15,24H,4,6,10-12,14,16,18-20H2,1-3,5H3;6-7H,2-5H2,1H3;3H2,1-2H3/b25-21+,27-7-,33-28+;;/t;6-,7?;/m.1./s1. The largest absolute Gasteiger partial charge is 0.481 e. The van der Waals surface area contributed by atoms with E-state index in [1.165, 1.54) is 42.7 Å². The van der Waals surface area contributed by atoms with Crippen LogP contribution < -0.4 is 0 Å². The summed E-state index contributed by atoms with van der Waals surface area (Å²) in [6.07, 6.45) is 12.0. The minimum absolute atomic E-state index is 0.0905. The molecule has 0 radical (unpaired) electrons. The molecule has 2 unspecified atom stereocenters. The Bertz CT molecular complexity index is 1310. The summed E-state index contributed by atoms with van der Waals surface area (Å²) in [6, 6.07) is 11.5. The summed E-state index contributed by atoms with van der Waals surface area (Å²) in [5.41, 5.74) is 3.49. The second kappa shape index (κ2) is 21.7. The van der Waals surface area contributed by atoms with Crippen LogP contribution in [0.3, 0.4) is 0 Å². The Balaban J connectivity index is 0.000000608. The van der Waals surface area contributed by atoms with Crippen LogP contribution in [0, 0.1) is 11.3 Å². The lowest BCUT2D eigenvalue weighted by molar-refractivity contribution is -0.132. The molecule has 3 heterocycles. The molecule has 4 rings (SSSR count). The van der Waals surface area contributed by atoms with E-state index in [2.05, 4.69) is 63.1 Å². The topological polar surface area (TPSA) is 72.2 Å². The lowest BCUT2D eigenvalue weighted by atomic mass is 9.96. The maximum Gasteiger partial charge on any atom is 0.282 e. The number of carbonyl (C=O) groups excluding carboxylic acids is 1. The number of methoxy groups -OCH3 is 1. The van der Waals surface area contributed by atoms with Gasteiger partial charge in [-0.05, 0) is 89.0 Å². The van der Waals surface area contributed by atoms with Gasteiger partial charge in [-0.2, -0.15) is 10.3 Å². The van der Waals surface area contributed by atoms with Crippen molar-refractivity contribution in [3.05, 3.63) is 70.4 Å². The molecule has 0 spiro atoms. The number of aliphatic imine (C=N–C) groups is 1. The van der Waals surface area contributed by atoms with Gasteiger partial charge in [-0.25, -0.2) is 4.39 Å². The Morgan fingerprint density at radius 1 is 1.17 bits per heavy atom. The zero-order valence-electron chi connectivity index (χ0n) is 30.5. The van der Waals surface area contributed by atoms with E-state index in [0.29, 0.717) is 19.0 Å². The average molecular weight is 684 g/mol. The highest BCUT2D eigenvalue weighted by molar-refractivity contribution is 6.31. The van der Waals surface area contributed by atoms with Crippen molar-refractivity contribution in [3.63, 3.8) is 0 Å². The Morgan fingerprint density at radius 3 is 2.38 bits per heavy atom. The molecule has 1 aromatic rings. The second-order valence-electron chi connectivity index (χ2n) is 12.9. The highest BCUT2D eigenvalue weighted by Crippen LogP contribution is 2.33. The normalized spacial score (nSPS) is 21.4. The van der Waals surface area contributed by atoms with E-state index in [0.717, 1.165) is 66.2 Å². The summed E-state index contributed by atoms with van der Waals surface area (Å²) in [6.45, 7) is 18.4. The molecule has 3 atom stereocenters. The molecule has 266 valence electrons. The third-order valence-corrected chi connectivity index (χ3v) is 9.56. The molecule has 0 N–H and O–H groups in total. The predicted molar refractivity (Wildman–Crippen MR) is 198 cm³/mol. The summed E-state index contributed by atoms with van der Waals surface area (Å²) in [5, 5.41) is 10.2. The number of hydrogen-bond donors (Lipinski definition) is 0. The third kappa shape index (κ3) is 12.1. The van der Waals surface area contributed by atoms with Gasteiger partial charge in [-0.15, -0.1) is 0 Å². The highest BCUT2D eigenvalue weighted by atomic mass is 35.5. The highest BCUT2D eigenvalue weighted by Gasteiger charge is 2.37. The lowest BCUT2D eigenvalue weighted by Gasteiger charge is -2.42. The van der Waals surface area contributed by atoms with Gasteiger partial charge in [0.2, 0.25) is 5.88 Å². The van der Waals surface area contributed by atoms with Gasteiger partial charge in [0.15, 0.2) is 5.83 Å². The maximum absolute atomic E-state index is 13.7. The van der Waals surface area contributed by atoms with Crippen molar-refractivity contribution in [2.45, 2.75) is 124 Å². The Hall–Kier alpha value is -3.15. The summed E-state index contributed by atoms with van der Waals surface area (Å²) in [7, 11) is 1.58. The smallest absolute Gasteiger partial charge is 0.282 e. The fourth-order valence-electron chi connectivity index (χ4n) is 6.53. The first-order valence-electron chi connectivity index (χ1n) is 17.8. The zero-order chi connectivity index (χ0) is 35.6. The molecule has 3 aliphatic heterocycles. The van der Waals surface area contributed by atoms with E-state index in [-0.39, 0.29) is 13.0 Å². The number of halogens is 2. The fraction of sp³-hybridized carbons (Fsp3) is 0.615. The minimum Gasteiger partial charge on any atom is -0.481 e. The summed E-state index contributed by atoms with van der Waals surface area (Å²) < 4.78 is 19.1. The monoisotopic (exact) mass is 683 g/mol. The number of ether oxygens (including phenoxy) is 1. The number of rotatable bonds is 11.